The van der Waals surface area contributed by atoms with Crippen molar-refractivity contribution in [3.63, 3.8) is 0 Å². The minimum atomic E-state index is -0.868. The summed E-state index contributed by atoms with van der Waals surface area (Å²) in [6.45, 7) is 5.93. The van der Waals surface area contributed by atoms with Gasteiger partial charge in [0.25, 0.3) is 5.91 Å². The second-order valence-electron chi connectivity index (χ2n) is 5.77. The van der Waals surface area contributed by atoms with Crippen molar-refractivity contribution < 1.29 is 19.1 Å². The molecule has 0 unspecified atom stereocenters. The highest BCUT2D eigenvalue weighted by atomic mass is 19.1. The van der Waals surface area contributed by atoms with Crippen LogP contribution >= 0.6 is 0 Å². The fourth-order valence-corrected chi connectivity index (χ4v) is 2.28. The predicted octanol–water partition coefficient (Wildman–Crippen LogP) is 3.00. The Hall–Kier alpha value is -1.91. The van der Waals surface area contributed by atoms with Crippen molar-refractivity contribution in [2.24, 2.45) is 11.8 Å². The Kier molecular flexibility index (Phi) is 6.34. The van der Waals surface area contributed by atoms with E-state index in [0.29, 0.717) is 23.6 Å². The van der Waals surface area contributed by atoms with E-state index >= 15 is 0 Å². The quantitative estimate of drug-likeness (QED) is 0.812. The number of hydrogen-bond acceptors (Lipinski definition) is 2. The van der Waals surface area contributed by atoms with E-state index in [9.17, 15) is 14.0 Å². The number of halogens is 1. The van der Waals surface area contributed by atoms with E-state index in [-0.39, 0.29) is 24.1 Å². The van der Waals surface area contributed by atoms with Gasteiger partial charge >= 0.3 is 5.97 Å². The SMILES string of the molecule is Cc1cc(C(=O)NC[C@H](CC(=O)O)CC(C)C)ccc1F. The fourth-order valence-electron chi connectivity index (χ4n) is 2.28. The minimum Gasteiger partial charge on any atom is -0.481 e. The van der Waals surface area contributed by atoms with Gasteiger partial charge in [0.15, 0.2) is 0 Å². The standard InChI is InChI=1S/C16H22FNO3/c1-10(2)6-12(8-15(19)20)9-18-16(21)13-4-5-14(17)11(3)7-13/h4-5,7,10,12H,6,8-9H2,1-3H3,(H,18,21)(H,19,20)/t12-/m0/s1. The Bertz CT molecular complexity index is 514. The highest BCUT2D eigenvalue weighted by Crippen LogP contribution is 2.15. The summed E-state index contributed by atoms with van der Waals surface area (Å²) in [6, 6.07) is 4.17. The number of aryl methyl sites for hydroxylation is 1. The highest BCUT2D eigenvalue weighted by Gasteiger charge is 2.16. The summed E-state index contributed by atoms with van der Waals surface area (Å²) in [5.74, 6) is -1.27. The lowest BCUT2D eigenvalue weighted by Crippen LogP contribution is -2.31. The maximum atomic E-state index is 13.2. The summed E-state index contributed by atoms with van der Waals surface area (Å²) in [5, 5.41) is 11.6. The van der Waals surface area contributed by atoms with Gasteiger partial charge in [0, 0.05) is 18.5 Å². The van der Waals surface area contributed by atoms with Crippen LogP contribution in [0.4, 0.5) is 4.39 Å². The van der Waals surface area contributed by atoms with E-state index < -0.39 is 5.97 Å². The van der Waals surface area contributed by atoms with Crippen molar-refractivity contribution in [2.75, 3.05) is 6.54 Å². The molecule has 1 amide bonds. The second kappa shape index (κ2) is 7.76. The molecule has 0 heterocycles. The zero-order chi connectivity index (χ0) is 16.0. The van der Waals surface area contributed by atoms with Gasteiger partial charge in [-0.1, -0.05) is 13.8 Å². The lowest BCUT2D eigenvalue weighted by atomic mass is 9.94. The number of amides is 1. The van der Waals surface area contributed by atoms with Crippen LogP contribution in [0, 0.1) is 24.6 Å². The van der Waals surface area contributed by atoms with Gasteiger partial charge in [-0.2, -0.15) is 0 Å². The number of carbonyl (C=O) groups is 2. The van der Waals surface area contributed by atoms with Crippen molar-refractivity contribution >= 4 is 11.9 Å². The second-order valence-corrected chi connectivity index (χ2v) is 5.77. The number of benzene rings is 1. The van der Waals surface area contributed by atoms with Gasteiger partial charge in [-0.15, -0.1) is 0 Å². The van der Waals surface area contributed by atoms with Crippen LogP contribution in [0.15, 0.2) is 18.2 Å². The molecule has 0 bridgehead atoms. The number of nitrogens with one attached hydrogen (secondary N) is 1. The molecule has 0 aliphatic heterocycles. The molecule has 0 aliphatic rings. The van der Waals surface area contributed by atoms with Crippen LogP contribution in [0.2, 0.25) is 0 Å². The molecule has 0 spiro atoms. The smallest absolute Gasteiger partial charge is 0.303 e. The third-order valence-corrected chi connectivity index (χ3v) is 3.24. The maximum absolute atomic E-state index is 13.2. The van der Waals surface area contributed by atoms with E-state index in [2.05, 4.69) is 5.32 Å². The summed E-state index contributed by atoms with van der Waals surface area (Å²) in [4.78, 5) is 22.8. The molecular formula is C16H22FNO3. The molecule has 5 heteroatoms. The van der Waals surface area contributed by atoms with Gasteiger partial charge in [-0.05, 0) is 48.9 Å². The molecule has 1 atom stereocenters. The number of carboxylic acids is 1. The molecule has 21 heavy (non-hydrogen) atoms. The third-order valence-electron chi connectivity index (χ3n) is 3.24. The largest absolute Gasteiger partial charge is 0.481 e. The number of carboxylic acid groups (broad SMARTS) is 1. The van der Waals surface area contributed by atoms with Gasteiger partial charge in [0.05, 0.1) is 0 Å². The first kappa shape index (κ1) is 17.1. The first-order chi connectivity index (χ1) is 9.79. The molecule has 4 nitrogen and oxygen atoms in total. The number of hydrogen-bond donors (Lipinski definition) is 2. The van der Waals surface area contributed by atoms with Gasteiger partial charge in [0.2, 0.25) is 0 Å². The molecule has 0 saturated carbocycles. The van der Waals surface area contributed by atoms with E-state index in [1.165, 1.54) is 18.2 Å². The van der Waals surface area contributed by atoms with Crippen molar-refractivity contribution in [1.29, 1.82) is 0 Å². The first-order valence-electron chi connectivity index (χ1n) is 7.05. The summed E-state index contributed by atoms with van der Waals surface area (Å²) >= 11 is 0. The van der Waals surface area contributed by atoms with E-state index in [0.717, 1.165) is 6.42 Å². The average molecular weight is 295 g/mol. The molecule has 0 fully saturated rings. The number of carbonyl (C=O) groups excluding carboxylic acids is 1. The topological polar surface area (TPSA) is 66.4 Å². The van der Waals surface area contributed by atoms with E-state index in [1.54, 1.807) is 6.92 Å². The highest BCUT2D eigenvalue weighted by molar-refractivity contribution is 5.94. The molecule has 1 aromatic carbocycles. The number of aliphatic carboxylic acids is 1. The molecule has 1 rings (SSSR count). The Balaban J connectivity index is 2.63. The van der Waals surface area contributed by atoms with Crippen LogP contribution in [0.25, 0.3) is 0 Å². The van der Waals surface area contributed by atoms with E-state index in [4.69, 9.17) is 5.11 Å². The first-order valence-corrected chi connectivity index (χ1v) is 7.05. The predicted molar refractivity (Wildman–Crippen MR) is 78.7 cm³/mol. The van der Waals surface area contributed by atoms with Crippen LogP contribution in [-0.2, 0) is 4.79 Å². The van der Waals surface area contributed by atoms with Gasteiger partial charge in [0.1, 0.15) is 5.82 Å². The number of rotatable bonds is 7. The molecule has 0 aromatic heterocycles. The molecule has 1 aromatic rings. The van der Waals surface area contributed by atoms with Gasteiger partial charge < -0.3 is 10.4 Å². The average Bonchev–Trinajstić information content (AvgIpc) is 2.37. The van der Waals surface area contributed by atoms with Crippen LogP contribution < -0.4 is 5.32 Å². The summed E-state index contributed by atoms with van der Waals surface area (Å²) in [7, 11) is 0. The Morgan fingerprint density at radius 2 is 2.00 bits per heavy atom. The lowest BCUT2D eigenvalue weighted by molar-refractivity contribution is -0.138. The monoisotopic (exact) mass is 295 g/mol. The summed E-state index contributed by atoms with van der Waals surface area (Å²) in [6.07, 6.45) is 0.760. The van der Waals surface area contributed by atoms with Crippen LogP contribution in [-0.4, -0.2) is 23.5 Å². The van der Waals surface area contributed by atoms with Crippen LogP contribution in [0.5, 0.6) is 0 Å². The zero-order valence-electron chi connectivity index (χ0n) is 12.6. The van der Waals surface area contributed by atoms with E-state index in [1.807, 2.05) is 13.8 Å². The molecule has 0 saturated heterocycles. The molecule has 0 aliphatic carbocycles. The van der Waals surface area contributed by atoms with Gasteiger partial charge in [-0.25, -0.2) is 4.39 Å². The lowest BCUT2D eigenvalue weighted by Gasteiger charge is -2.17. The zero-order valence-corrected chi connectivity index (χ0v) is 12.6. The normalized spacial score (nSPS) is 12.2. The van der Waals surface area contributed by atoms with Crippen molar-refractivity contribution in [3.05, 3.63) is 35.1 Å². The van der Waals surface area contributed by atoms with Gasteiger partial charge in [-0.3, -0.25) is 9.59 Å². The maximum Gasteiger partial charge on any atom is 0.303 e. The summed E-state index contributed by atoms with van der Waals surface area (Å²) in [5.41, 5.74) is 0.791. The third kappa shape index (κ3) is 5.94. The molecule has 2 N–H and O–H groups in total. The van der Waals surface area contributed by atoms with Crippen molar-refractivity contribution in [1.82, 2.24) is 5.32 Å². The molecule has 0 radical (unpaired) electrons. The van der Waals surface area contributed by atoms with Crippen molar-refractivity contribution in [3.8, 4) is 0 Å². The fraction of sp³-hybridized carbons (Fsp3) is 0.500. The summed E-state index contributed by atoms with van der Waals surface area (Å²) < 4.78 is 13.2. The Labute approximate surface area is 124 Å². The van der Waals surface area contributed by atoms with Crippen LogP contribution in [0.3, 0.4) is 0 Å². The Morgan fingerprint density at radius 3 is 2.52 bits per heavy atom. The molecule has 116 valence electrons. The van der Waals surface area contributed by atoms with Crippen LogP contribution in [0.1, 0.15) is 42.6 Å². The Morgan fingerprint density at radius 1 is 1.33 bits per heavy atom. The molecular weight excluding hydrogens is 273 g/mol. The van der Waals surface area contributed by atoms with Crippen molar-refractivity contribution in [2.45, 2.75) is 33.6 Å². The minimum absolute atomic E-state index is 0.0287.